The maximum Gasteiger partial charge on any atom is 0.310 e. The molecule has 1 aliphatic heterocycles. The Balaban J connectivity index is 1.55. The highest BCUT2D eigenvalue weighted by molar-refractivity contribution is 7.99. The van der Waals surface area contributed by atoms with Crippen LogP contribution < -0.4 is 5.32 Å². The second-order valence-corrected chi connectivity index (χ2v) is 6.75. The average Bonchev–Trinajstić information content (AvgIpc) is 3.03. The summed E-state index contributed by atoms with van der Waals surface area (Å²) in [6, 6.07) is 18.4. The molecule has 1 saturated heterocycles. The summed E-state index contributed by atoms with van der Waals surface area (Å²) in [4.78, 5) is 24.4. The van der Waals surface area contributed by atoms with Crippen LogP contribution in [0.15, 0.2) is 60.7 Å². The summed E-state index contributed by atoms with van der Waals surface area (Å²) in [5.41, 5.74) is 1.54. The molecule has 0 radical (unpaired) electrons. The van der Waals surface area contributed by atoms with Crippen molar-refractivity contribution in [2.24, 2.45) is 0 Å². The van der Waals surface area contributed by atoms with E-state index in [1.54, 1.807) is 23.9 Å². The molecule has 4 nitrogen and oxygen atoms in total. The van der Waals surface area contributed by atoms with E-state index in [4.69, 9.17) is 4.74 Å². The van der Waals surface area contributed by atoms with E-state index in [0.29, 0.717) is 11.3 Å². The first-order valence-electron chi connectivity index (χ1n) is 7.89. The summed E-state index contributed by atoms with van der Waals surface area (Å²) in [6.45, 7) is 0. The van der Waals surface area contributed by atoms with Crippen LogP contribution in [0.25, 0.3) is 0 Å². The quantitative estimate of drug-likeness (QED) is 0.850. The van der Waals surface area contributed by atoms with Crippen molar-refractivity contribution >= 4 is 23.6 Å². The Kier molecular flexibility index (Phi) is 5.54. The molecule has 2 aromatic rings. The third-order valence-electron chi connectivity index (χ3n) is 3.85. The van der Waals surface area contributed by atoms with Gasteiger partial charge in [-0.3, -0.25) is 9.59 Å². The van der Waals surface area contributed by atoms with Gasteiger partial charge in [0.05, 0.1) is 12.5 Å². The number of hydrogen-bond donors (Lipinski definition) is 1. The van der Waals surface area contributed by atoms with Gasteiger partial charge in [-0.05, 0) is 17.7 Å². The zero-order valence-corrected chi connectivity index (χ0v) is 14.0. The number of hydrogen-bond acceptors (Lipinski definition) is 4. The zero-order valence-electron chi connectivity index (χ0n) is 13.2. The summed E-state index contributed by atoms with van der Waals surface area (Å²) < 4.78 is 5.59. The van der Waals surface area contributed by atoms with Gasteiger partial charge in [0.1, 0.15) is 6.10 Å². The summed E-state index contributed by atoms with van der Waals surface area (Å²) in [5.74, 6) is 1.07. The van der Waals surface area contributed by atoms with Crippen molar-refractivity contribution < 1.29 is 14.3 Å². The molecule has 1 amide bonds. The van der Waals surface area contributed by atoms with Crippen molar-refractivity contribution in [3.8, 4) is 0 Å². The van der Waals surface area contributed by atoms with Crippen LogP contribution in [0.1, 0.15) is 15.9 Å². The second-order valence-electron chi connectivity index (χ2n) is 5.67. The van der Waals surface area contributed by atoms with Gasteiger partial charge in [-0.25, -0.2) is 0 Å². The lowest BCUT2D eigenvalue weighted by molar-refractivity contribution is -0.147. The van der Waals surface area contributed by atoms with E-state index in [2.05, 4.69) is 5.32 Å². The van der Waals surface area contributed by atoms with Gasteiger partial charge in [0.15, 0.2) is 0 Å². The minimum absolute atomic E-state index is 0.132. The molecular weight excluding hydrogens is 322 g/mol. The monoisotopic (exact) mass is 341 g/mol. The minimum Gasteiger partial charge on any atom is -0.459 e. The molecule has 0 unspecified atom stereocenters. The first kappa shape index (κ1) is 16.6. The third kappa shape index (κ3) is 4.38. The number of thioether (sulfide) groups is 1. The van der Waals surface area contributed by atoms with Gasteiger partial charge in [-0.1, -0.05) is 48.5 Å². The summed E-state index contributed by atoms with van der Waals surface area (Å²) in [6.07, 6.45) is -0.0275. The molecular formula is C19H19NO3S. The average molecular weight is 341 g/mol. The number of amides is 1. The number of rotatable bonds is 5. The molecule has 2 atom stereocenters. The Labute approximate surface area is 145 Å². The summed E-state index contributed by atoms with van der Waals surface area (Å²) >= 11 is 1.68. The molecule has 0 bridgehead atoms. The molecule has 1 heterocycles. The van der Waals surface area contributed by atoms with Crippen LogP contribution in [0.5, 0.6) is 0 Å². The molecule has 5 heteroatoms. The summed E-state index contributed by atoms with van der Waals surface area (Å²) in [5, 5.41) is 2.98. The van der Waals surface area contributed by atoms with Gasteiger partial charge in [-0.2, -0.15) is 11.8 Å². The molecule has 124 valence electrons. The first-order valence-corrected chi connectivity index (χ1v) is 9.05. The first-order chi connectivity index (χ1) is 11.7. The van der Waals surface area contributed by atoms with Crippen molar-refractivity contribution in [2.75, 3.05) is 11.5 Å². The highest BCUT2D eigenvalue weighted by Crippen LogP contribution is 2.22. The largest absolute Gasteiger partial charge is 0.459 e. The molecule has 0 aromatic heterocycles. The Morgan fingerprint density at radius 1 is 1.00 bits per heavy atom. The highest BCUT2D eigenvalue weighted by atomic mass is 32.2. The Bertz CT molecular complexity index is 690. The fourth-order valence-electron chi connectivity index (χ4n) is 2.60. The Morgan fingerprint density at radius 3 is 2.38 bits per heavy atom. The lowest BCUT2D eigenvalue weighted by Crippen LogP contribution is -2.44. The topological polar surface area (TPSA) is 55.4 Å². The Morgan fingerprint density at radius 2 is 1.67 bits per heavy atom. The highest BCUT2D eigenvalue weighted by Gasteiger charge is 2.32. The van der Waals surface area contributed by atoms with Gasteiger partial charge in [0.25, 0.3) is 5.91 Å². The lowest BCUT2D eigenvalue weighted by atomic mass is 10.1. The summed E-state index contributed by atoms with van der Waals surface area (Å²) in [7, 11) is 0. The Hall–Kier alpha value is -2.27. The third-order valence-corrected chi connectivity index (χ3v) is 5.01. The maximum absolute atomic E-state index is 12.3. The second kappa shape index (κ2) is 8.02. The molecule has 1 fully saturated rings. The van der Waals surface area contributed by atoms with Crippen LogP contribution in [-0.4, -0.2) is 35.5 Å². The number of carbonyl (C=O) groups excluding carboxylic acids is 2. The van der Waals surface area contributed by atoms with Crippen LogP contribution in [0, 0.1) is 0 Å². The van der Waals surface area contributed by atoms with Gasteiger partial charge in [0, 0.05) is 17.1 Å². The molecule has 24 heavy (non-hydrogen) atoms. The van der Waals surface area contributed by atoms with Crippen molar-refractivity contribution in [2.45, 2.75) is 18.6 Å². The van der Waals surface area contributed by atoms with E-state index >= 15 is 0 Å². The molecule has 1 aliphatic rings. The van der Waals surface area contributed by atoms with Crippen LogP contribution in [0.3, 0.4) is 0 Å². The van der Waals surface area contributed by atoms with Gasteiger partial charge < -0.3 is 10.1 Å². The lowest BCUT2D eigenvalue weighted by Gasteiger charge is -2.20. The molecule has 0 spiro atoms. The van der Waals surface area contributed by atoms with Crippen LogP contribution in [0.2, 0.25) is 0 Å². The van der Waals surface area contributed by atoms with E-state index in [-0.39, 0.29) is 30.4 Å². The SMILES string of the molecule is O=C(Cc1ccccc1)O[C@@H]1CSC[C@H]1NC(=O)c1ccccc1. The number of nitrogens with one attached hydrogen (secondary N) is 1. The van der Waals surface area contributed by atoms with Gasteiger partial charge in [-0.15, -0.1) is 0 Å². The van der Waals surface area contributed by atoms with Gasteiger partial charge >= 0.3 is 5.97 Å². The number of ether oxygens (including phenoxy) is 1. The van der Waals surface area contributed by atoms with Crippen LogP contribution in [0.4, 0.5) is 0 Å². The van der Waals surface area contributed by atoms with Crippen molar-refractivity contribution in [1.82, 2.24) is 5.32 Å². The molecule has 3 rings (SSSR count). The predicted octanol–water partition coefficient (Wildman–Crippen LogP) is 2.69. The normalized spacial score (nSPS) is 19.7. The maximum atomic E-state index is 12.3. The van der Waals surface area contributed by atoms with E-state index in [1.807, 2.05) is 48.5 Å². The van der Waals surface area contributed by atoms with E-state index in [0.717, 1.165) is 11.3 Å². The van der Waals surface area contributed by atoms with Gasteiger partial charge in [0.2, 0.25) is 0 Å². The van der Waals surface area contributed by atoms with Crippen molar-refractivity contribution in [1.29, 1.82) is 0 Å². The molecule has 0 saturated carbocycles. The molecule has 2 aromatic carbocycles. The smallest absolute Gasteiger partial charge is 0.310 e. The molecule has 1 N–H and O–H groups in total. The number of carbonyl (C=O) groups is 2. The molecule has 0 aliphatic carbocycles. The standard InChI is InChI=1S/C19H19NO3S/c21-18(11-14-7-3-1-4-8-14)23-17-13-24-12-16(17)20-19(22)15-9-5-2-6-10-15/h1-10,16-17H,11-13H2,(H,20,22)/t16-,17-/m1/s1. The van der Waals surface area contributed by atoms with Crippen LogP contribution in [-0.2, 0) is 16.0 Å². The van der Waals surface area contributed by atoms with Crippen LogP contribution >= 0.6 is 11.8 Å². The van der Waals surface area contributed by atoms with E-state index in [1.165, 1.54) is 0 Å². The zero-order chi connectivity index (χ0) is 16.8. The van der Waals surface area contributed by atoms with E-state index < -0.39 is 0 Å². The fraction of sp³-hybridized carbons (Fsp3) is 0.263. The van der Waals surface area contributed by atoms with Crippen molar-refractivity contribution in [3.63, 3.8) is 0 Å². The minimum atomic E-state index is -0.279. The fourth-order valence-corrected chi connectivity index (χ4v) is 3.82. The number of benzene rings is 2. The van der Waals surface area contributed by atoms with Crippen molar-refractivity contribution in [3.05, 3.63) is 71.8 Å². The predicted molar refractivity (Wildman–Crippen MR) is 95.0 cm³/mol. The number of esters is 1. The van der Waals surface area contributed by atoms with E-state index in [9.17, 15) is 9.59 Å².